The number of carbonyl (C=O) groups is 1. The van der Waals surface area contributed by atoms with Gasteiger partial charge < -0.3 is 16.0 Å². The molecule has 0 aromatic heterocycles. The van der Waals surface area contributed by atoms with Crippen molar-refractivity contribution in [2.45, 2.75) is 31.1 Å². The second kappa shape index (κ2) is 8.01. The van der Waals surface area contributed by atoms with Crippen LogP contribution in [-0.2, 0) is 6.18 Å². The highest BCUT2D eigenvalue weighted by atomic mass is 35.5. The Morgan fingerprint density at radius 3 is 2.54 bits per heavy atom. The Bertz CT molecular complexity index is 858. The minimum atomic E-state index is -4.70. The molecule has 2 unspecified atom stereocenters. The van der Waals surface area contributed by atoms with Crippen LogP contribution < -0.4 is 11.1 Å². The number of likely N-dealkylation sites (tertiary alicyclic amines) is 1. The van der Waals surface area contributed by atoms with Crippen molar-refractivity contribution >= 4 is 23.2 Å². The molecule has 0 radical (unpaired) electrons. The summed E-state index contributed by atoms with van der Waals surface area (Å²) in [4.78, 5) is 15.0. The summed E-state index contributed by atoms with van der Waals surface area (Å²) in [7, 11) is 1.97. The number of likely N-dealkylation sites (N-methyl/N-ethyl adjacent to an activating group) is 1. The molecular formula is C20H21ClF3N3O. The van der Waals surface area contributed by atoms with Gasteiger partial charge in [0, 0.05) is 11.6 Å². The molecule has 1 saturated heterocycles. The van der Waals surface area contributed by atoms with Crippen LogP contribution in [0.4, 0.5) is 18.9 Å². The molecule has 4 nitrogen and oxygen atoms in total. The molecule has 150 valence electrons. The highest BCUT2D eigenvalue weighted by Crippen LogP contribution is 2.38. The SMILES string of the molecule is CN1CCCC1C(NC(=O)c1cc(Cl)c(N)c(C(F)(F)F)c1)c1ccccc1. The second-order valence-electron chi connectivity index (χ2n) is 6.97. The maximum atomic E-state index is 13.2. The number of nitrogens with zero attached hydrogens (tertiary/aromatic N) is 1. The number of nitrogen functional groups attached to an aromatic ring is 1. The minimum Gasteiger partial charge on any atom is -0.397 e. The molecule has 2 aromatic rings. The van der Waals surface area contributed by atoms with Gasteiger partial charge in [0.25, 0.3) is 5.91 Å². The molecule has 1 aliphatic rings. The summed E-state index contributed by atoms with van der Waals surface area (Å²) in [5.74, 6) is -0.624. The highest BCUT2D eigenvalue weighted by Gasteiger charge is 2.36. The number of nitrogens with one attached hydrogen (secondary N) is 1. The molecule has 1 fully saturated rings. The Labute approximate surface area is 166 Å². The summed E-state index contributed by atoms with van der Waals surface area (Å²) >= 11 is 5.86. The van der Waals surface area contributed by atoms with Crippen molar-refractivity contribution in [1.82, 2.24) is 10.2 Å². The third-order valence-electron chi connectivity index (χ3n) is 5.10. The van der Waals surface area contributed by atoms with E-state index in [0.29, 0.717) is 0 Å². The molecule has 0 bridgehead atoms. The van der Waals surface area contributed by atoms with Gasteiger partial charge in [0.2, 0.25) is 0 Å². The van der Waals surface area contributed by atoms with Crippen molar-refractivity contribution < 1.29 is 18.0 Å². The standard InChI is InChI=1S/C20H21ClF3N3O/c1-27-9-5-8-16(27)18(12-6-3-2-4-7-12)26-19(28)13-10-14(20(22,23)24)17(25)15(21)11-13/h2-4,6-7,10-11,16,18H,5,8-9,25H2,1H3,(H,26,28). The molecule has 28 heavy (non-hydrogen) atoms. The summed E-state index contributed by atoms with van der Waals surface area (Å²) in [5.41, 5.74) is 4.49. The summed E-state index contributed by atoms with van der Waals surface area (Å²) in [6.45, 7) is 0.899. The summed E-state index contributed by atoms with van der Waals surface area (Å²) < 4.78 is 39.7. The van der Waals surface area contributed by atoms with E-state index in [1.54, 1.807) is 0 Å². The number of halogens is 4. The summed E-state index contributed by atoms with van der Waals surface area (Å²) in [6.07, 6.45) is -2.83. The lowest BCUT2D eigenvalue weighted by atomic mass is 9.96. The van der Waals surface area contributed by atoms with E-state index < -0.39 is 23.3 Å². The number of rotatable bonds is 4. The topological polar surface area (TPSA) is 58.4 Å². The van der Waals surface area contributed by atoms with E-state index in [4.69, 9.17) is 17.3 Å². The van der Waals surface area contributed by atoms with E-state index in [-0.39, 0.29) is 22.7 Å². The maximum Gasteiger partial charge on any atom is 0.418 e. The Balaban J connectivity index is 1.94. The average molecular weight is 412 g/mol. The molecule has 0 saturated carbocycles. The van der Waals surface area contributed by atoms with E-state index >= 15 is 0 Å². The Hall–Kier alpha value is -2.25. The molecule has 0 spiro atoms. The molecule has 1 amide bonds. The minimum absolute atomic E-state index is 0.0534. The van der Waals surface area contributed by atoms with Crippen LogP contribution in [0.2, 0.25) is 5.02 Å². The fourth-order valence-corrected chi connectivity index (χ4v) is 3.85. The van der Waals surface area contributed by atoms with Crippen molar-refractivity contribution in [3.05, 3.63) is 64.2 Å². The fraction of sp³-hybridized carbons (Fsp3) is 0.350. The van der Waals surface area contributed by atoms with Crippen molar-refractivity contribution in [1.29, 1.82) is 0 Å². The van der Waals surface area contributed by atoms with Gasteiger partial charge in [-0.2, -0.15) is 13.2 Å². The first-order valence-corrected chi connectivity index (χ1v) is 9.28. The first-order chi connectivity index (χ1) is 13.2. The lowest BCUT2D eigenvalue weighted by molar-refractivity contribution is -0.136. The van der Waals surface area contributed by atoms with Crippen LogP contribution in [0.5, 0.6) is 0 Å². The summed E-state index contributed by atoms with van der Waals surface area (Å²) in [6, 6.07) is 11.0. The third-order valence-corrected chi connectivity index (χ3v) is 5.42. The molecule has 1 aliphatic heterocycles. The molecular weight excluding hydrogens is 391 g/mol. The van der Waals surface area contributed by atoms with E-state index in [1.165, 1.54) is 6.07 Å². The normalized spacial score (nSPS) is 18.8. The van der Waals surface area contributed by atoms with Gasteiger partial charge in [-0.05, 0) is 44.1 Å². The van der Waals surface area contributed by atoms with Crippen LogP contribution in [0.15, 0.2) is 42.5 Å². The quantitative estimate of drug-likeness (QED) is 0.728. The smallest absolute Gasteiger partial charge is 0.397 e. The van der Waals surface area contributed by atoms with Gasteiger partial charge in [0.05, 0.1) is 22.3 Å². The number of carbonyl (C=O) groups excluding carboxylic acids is 1. The van der Waals surface area contributed by atoms with Crippen molar-refractivity contribution in [3.8, 4) is 0 Å². The van der Waals surface area contributed by atoms with Gasteiger partial charge in [0.15, 0.2) is 0 Å². The highest BCUT2D eigenvalue weighted by molar-refractivity contribution is 6.33. The van der Waals surface area contributed by atoms with Gasteiger partial charge in [-0.1, -0.05) is 41.9 Å². The lowest BCUT2D eigenvalue weighted by Gasteiger charge is -2.30. The van der Waals surface area contributed by atoms with E-state index in [9.17, 15) is 18.0 Å². The van der Waals surface area contributed by atoms with Gasteiger partial charge in [-0.15, -0.1) is 0 Å². The van der Waals surface area contributed by atoms with Gasteiger partial charge in [-0.25, -0.2) is 0 Å². The maximum absolute atomic E-state index is 13.2. The van der Waals surface area contributed by atoms with Crippen LogP contribution in [0.3, 0.4) is 0 Å². The number of benzene rings is 2. The van der Waals surface area contributed by atoms with E-state index in [2.05, 4.69) is 10.2 Å². The predicted molar refractivity (Wildman–Crippen MR) is 103 cm³/mol. The Morgan fingerprint density at radius 2 is 1.96 bits per heavy atom. The number of amides is 1. The molecule has 8 heteroatoms. The third kappa shape index (κ3) is 4.25. The first kappa shape index (κ1) is 20.5. The lowest BCUT2D eigenvalue weighted by Crippen LogP contribution is -2.41. The molecule has 0 aliphatic carbocycles. The van der Waals surface area contributed by atoms with Crippen molar-refractivity contribution in [2.75, 3.05) is 19.3 Å². The second-order valence-corrected chi connectivity index (χ2v) is 7.38. The van der Waals surface area contributed by atoms with E-state index in [0.717, 1.165) is 31.0 Å². The zero-order chi connectivity index (χ0) is 20.5. The van der Waals surface area contributed by atoms with Crippen LogP contribution in [-0.4, -0.2) is 30.4 Å². The van der Waals surface area contributed by atoms with Crippen LogP contribution in [0.25, 0.3) is 0 Å². The zero-order valence-electron chi connectivity index (χ0n) is 15.3. The number of anilines is 1. The van der Waals surface area contributed by atoms with E-state index in [1.807, 2.05) is 37.4 Å². The van der Waals surface area contributed by atoms with Crippen molar-refractivity contribution in [3.63, 3.8) is 0 Å². The van der Waals surface area contributed by atoms with Gasteiger partial charge in [-0.3, -0.25) is 4.79 Å². The zero-order valence-corrected chi connectivity index (χ0v) is 16.0. The number of hydrogen-bond acceptors (Lipinski definition) is 3. The number of hydrogen-bond donors (Lipinski definition) is 2. The molecule has 1 heterocycles. The first-order valence-electron chi connectivity index (χ1n) is 8.90. The Kier molecular flexibility index (Phi) is 5.86. The van der Waals surface area contributed by atoms with Gasteiger partial charge >= 0.3 is 6.18 Å². The molecule has 2 atom stereocenters. The average Bonchev–Trinajstić information content (AvgIpc) is 3.07. The molecule has 3 rings (SSSR count). The van der Waals surface area contributed by atoms with Crippen molar-refractivity contribution in [2.24, 2.45) is 0 Å². The largest absolute Gasteiger partial charge is 0.418 e. The molecule has 3 N–H and O–H groups in total. The fourth-order valence-electron chi connectivity index (χ4n) is 3.63. The van der Waals surface area contributed by atoms with Crippen LogP contribution in [0.1, 0.15) is 40.4 Å². The number of nitrogens with two attached hydrogens (primary N) is 1. The van der Waals surface area contributed by atoms with Gasteiger partial charge in [0.1, 0.15) is 0 Å². The molecule has 2 aromatic carbocycles. The Morgan fingerprint density at radius 1 is 1.29 bits per heavy atom. The van der Waals surface area contributed by atoms with Crippen LogP contribution in [0, 0.1) is 0 Å². The van der Waals surface area contributed by atoms with Crippen LogP contribution >= 0.6 is 11.6 Å². The number of alkyl halides is 3. The summed E-state index contributed by atoms with van der Waals surface area (Å²) in [5, 5.41) is 2.60. The predicted octanol–water partition coefficient (Wildman–Crippen LogP) is 4.51. The monoisotopic (exact) mass is 411 g/mol.